The summed E-state index contributed by atoms with van der Waals surface area (Å²) in [5.74, 6) is 0.545. The van der Waals surface area contributed by atoms with Gasteiger partial charge in [0.05, 0.1) is 9.93 Å². The van der Waals surface area contributed by atoms with Crippen molar-refractivity contribution in [3.63, 3.8) is 0 Å². The van der Waals surface area contributed by atoms with Gasteiger partial charge in [-0.3, -0.25) is 4.79 Å². The molecule has 1 aromatic heterocycles. The summed E-state index contributed by atoms with van der Waals surface area (Å²) in [6, 6.07) is 13.4. The number of allylic oxidation sites excluding steroid dienone is 2. The number of pyridine rings is 1. The molecular weight excluding hydrogens is 427 g/mol. The summed E-state index contributed by atoms with van der Waals surface area (Å²) in [5, 5.41) is 1.86. The highest BCUT2D eigenvalue weighted by molar-refractivity contribution is 8.18. The van der Waals surface area contributed by atoms with E-state index in [9.17, 15) is 4.79 Å². The van der Waals surface area contributed by atoms with E-state index in [0.29, 0.717) is 15.0 Å². The number of halogens is 2. The Morgan fingerprint density at radius 1 is 1.03 bits per heavy atom. The van der Waals surface area contributed by atoms with Gasteiger partial charge in [0.1, 0.15) is 5.82 Å². The van der Waals surface area contributed by atoms with E-state index in [1.807, 2.05) is 48.5 Å². The lowest BCUT2D eigenvalue weighted by molar-refractivity contribution is -0.113. The van der Waals surface area contributed by atoms with E-state index >= 15 is 0 Å². The average molecular weight is 445 g/mol. The summed E-state index contributed by atoms with van der Waals surface area (Å²) < 4.78 is 0. The van der Waals surface area contributed by atoms with Crippen LogP contribution in [0.5, 0.6) is 0 Å². The van der Waals surface area contributed by atoms with Gasteiger partial charge < -0.3 is 9.80 Å². The van der Waals surface area contributed by atoms with Crippen LogP contribution in [0.3, 0.4) is 0 Å². The molecule has 8 heteroatoms. The van der Waals surface area contributed by atoms with Crippen molar-refractivity contribution in [2.75, 3.05) is 31.1 Å². The molecule has 0 aliphatic carbocycles. The molecule has 2 aliphatic rings. The molecule has 1 fully saturated rings. The molecule has 0 unspecified atom stereocenters. The number of hydrogen-bond acceptors (Lipinski definition) is 5. The first-order valence-corrected chi connectivity index (χ1v) is 10.7. The number of carbonyl (C=O) groups excluding carboxylic acids is 1. The fraction of sp³-hybridized carbons (Fsp3) is 0.190. The van der Waals surface area contributed by atoms with Crippen LogP contribution in [0.4, 0.5) is 5.82 Å². The van der Waals surface area contributed by atoms with Crippen LogP contribution in [-0.2, 0) is 4.79 Å². The first-order valence-electron chi connectivity index (χ1n) is 9.15. The summed E-state index contributed by atoms with van der Waals surface area (Å²) in [7, 11) is 0. The number of amides is 1. The van der Waals surface area contributed by atoms with Gasteiger partial charge in [0.15, 0.2) is 5.17 Å². The maximum atomic E-state index is 12.3. The number of rotatable bonds is 3. The molecule has 0 atom stereocenters. The predicted octanol–water partition coefficient (Wildman–Crippen LogP) is 4.65. The molecule has 29 heavy (non-hydrogen) atoms. The molecule has 0 spiro atoms. The Hall–Kier alpha value is -2.28. The molecule has 3 heterocycles. The summed E-state index contributed by atoms with van der Waals surface area (Å²) in [5.41, 5.74) is 0.982. The number of amidine groups is 1. The van der Waals surface area contributed by atoms with Crippen molar-refractivity contribution in [3.05, 3.63) is 75.3 Å². The minimum absolute atomic E-state index is 0.250. The molecule has 2 aliphatic heterocycles. The van der Waals surface area contributed by atoms with E-state index in [0.717, 1.165) is 42.7 Å². The fourth-order valence-corrected chi connectivity index (χ4v) is 4.62. The lowest BCUT2D eigenvalue weighted by Gasteiger charge is -2.36. The van der Waals surface area contributed by atoms with Crippen molar-refractivity contribution in [3.8, 4) is 0 Å². The molecule has 0 N–H and O–H groups in total. The number of piperazine rings is 1. The molecule has 0 saturated carbocycles. The van der Waals surface area contributed by atoms with Crippen molar-refractivity contribution in [2.45, 2.75) is 0 Å². The summed E-state index contributed by atoms with van der Waals surface area (Å²) in [6.45, 7) is 3.01. The second kappa shape index (κ2) is 9.03. The maximum Gasteiger partial charge on any atom is 0.286 e. The van der Waals surface area contributed by atoms with Crippen molar-refractivity contribution in [1.82, 2.24) is 9.88 Å². The second-order valence-electron chi connectivity index (χ2n) is 6.53. The zero-order valence-corrected chi connectivity index (χ0v) is 17.8. The average Bonchev–Trinajstić information content (AvgIpc) is 3.09. The van der Waals surface area contributed by atoms with E-state index in [2.05, 4.69) is 19.8 Å². The summed E-state index contributed by atoms with van der Waals surface area (Å²) in [4.78, 5) is 25.7. The standard InChI is InChI=1S/C21H18Cl2N4OS/c22-16(13-15-5-2-1-3-6-15)14-18-20(28)25-21(29-18)27-11-9-26(10-12-27)19-17(23)7-4-8-24-19/h1-8,13-14H,9-12H2. The third-order valence-corrected chi connectivity index (χ3v) is 6.13. The number of hydrogen-bond donors (Lipinski definition) is 0. The number of aliphatic imine (C=N–C) groups is 1. The molecular formula is C21H18Cl2N4OS. The minimum atomic E-state index is -0.250. The van der Waals surface area contributed by atoms with E-state index < -0.39 is 0 Å². The van der Waals surface area contributed by atoms with Crippen LogP contribution in [0.2, 0.25) is 5.02 Å². The van der Waals surface area contributed by atoms with Gasteiger partial charge in [-0.2, -0.15) is 4.99 Å². The Kier molecular flexibility index (Phi) is 6.23. The second-order valence-corrected chi connectivity index (χ2v) is 8.39. The van der Waals surface area contributed by atoms with Gasteiger partial charge in [0.25, 0.3) is 5.91 Å². The van der Waals surface area contributed by atoms with Crippen molar-refractivity contribution < 1.29 is 4.79 Å². The number of benzene rings is 1. The molecule has 5 nitrogen and oxygen atoms in total. The van der Waals surface area contributed by atoms with E-state index in [1.165, 1.54) is 11.8 Å². The summed E-state index contributed by atoms with van der Waals surface area (Å²) in [6.07, 6.45) is 5.25. The van der Waals surface area contributed by atoms with Gasteiger partial charge in [-0.15, -0.1) is 0 Å². The monoisotopic (exact) mass is 444 g/mol. The normalized spacial score (nSPS) is 19.1. The Balaban J connectivity index is 1.39. The molecule has 4 rings (SSSR count). The van der Waals surface area contributed by atoms with Crippen molar-refractivity contribution in [1.29, 1.82) is 0 Å². The van der Waals surface area contributed by atoms with Gasteiger partial charge >= 0.3 is 0 Å². The molecule has 1 aromatic carbocycles. The molecule has 2 aromatic rings. The highest BCUT2D eigenvalue weighted by Gasteiger charge is 2.29. The highest BCUT2D eigenvalue weighted by atomic mass is 35.5. The van der Waals surface area contributed by atoms with E-state index in [4.69, 9.17) is 23.2 Å². The highest BCUT2D eigenvalue weighted by Crippen LogP contribution is 2.31. The largest absolute Gasteiger partial charge is 0.352 e. The number of anilines is 1. The Morgan fingerprint density at radius 3 is 2.48 bits per heavy atom. The number of nitrogens with zero attached hydrogens (tertiary/aromatic N) is 4. The third-order valence-electron chi connectivity index (χ3n) is 4.57. The number of aromatic nitrogens is 1. The lowest BCUT2D eigenvalue weighted by Crippen LogP contribution is -2.48. The van der Waals surface area contributed by atoms with E-state index in [-0.39, 0.29) is 5.91 Å². The molecule has 148 valence electrons. The first-order chi connectivity index (χ1) is 14.1. The zero-order chi connectivity index (χ0) is 20.2. The van der Waals surface area contributed by atoms with Crippen LogP contribution < -0.4 is 4.90 Å². The summed E-state index contributed by atoms with van der Waals surface area (Å²) >= 11 is 13.9. The SMILES string of the molecule is O=C1N=C(N2CCN(c3ncccc3Cl)CC2)SC1=CC(Cl)=Cc1ccccc1. The number of thioether (sulfide) groups is 1. The maximum absolute atomic E-state index is 12.3. The number of carbonyl (C=O) groups is 1. The van der Waals surface area contributed by atoms with Crippen LogP contribution in [0.25, 0.3) is 6.08 Å². The van der Waals surface area contributed by atoms with Crippen LogP contribution in [0.15, 0.2) is 69.7 Å². The van der Waals surface area contributed by atoms with Gasteiger partial charge in [-0.05, 0) is 41.6 Å². The first kappa shape index (κ1) is 20.0. The van der Waals surface area contributed by atoms with Gasteiger partial charge in [0, 0.05) is 37.4 Å². The van der Waals surface area contributed by atoms with Crippen LogP contribution >= 0.6 is 35.0 Å². The van der Waals surface area contributed by atoms with Gasteiger partial charge in [-0.1, -0.05) is 53.5 Å². The topological polar surface area (TPSA) is 48.8 Å². The zero-order valence-electron chi connectivity index (χ0n) is 15.5. The molecule has 1 amide bonds. The lowest BCUT2D eigenvalue weighted by atomic mass is 10.2. The molecule has 1 saturated heterocycles. The van der Waals surface area contributed by atoms with Crippen molar-refractivity contribution in [2.24, 2.45) is 4.99 Å². The fourth-order valence-electron chi connectivity index (χ4n) is 3.13. The van der Waals surface area contributed by atoms with E-state index in [1.54, 1.807) is 12.3 Å². The van der Waals surface area contributed by atoms with Gasteiger partial charge in [-0.25, -0.2) is 4.98 Å². The Labute approximate surface area is 183 Å². The Morgan fingerprint density at radius 2 is 1.76 bits per heavy atom. The van der Waals surface area contributed by atoms with Gasteiger partial charge in [0.2, 0.25) is 0 Å². The Bertz CT molecular complexity index is 999. The van der Waals surface area contributed by atoms with Crippen LogP contribution in [0.1, 0.15) is 5.56 Å². The predicted molar refractivity (Wildman–Crippen MR) is 121 cm³/mol. The van der Waals surface area contributed by atoms with Crippen LogP contribution in [-0.4, -0.2) is 47.1 Å². The smallest absolute Gasteiger partial charge is 0.286 e. The molecule has 0 radical (unpaired) electrons. The van der Waals surface area contributed by atoms with Crippen molar-refractivity contribution >= 4 is 57.9 Å². The van der Waals surface area contributed by atoms with Crippen LogP contribution in [0, 0.1) is 0 Å². The minimum Gasteiger partial charge on any atom is -0.352 e. The molecule has 0 bridgehead atoms. The quantitative estimate of drug-likeness (QED) is 0.644. The third kappa shape index (κ3) is 4.83.